The van der Waals surface area contributed by atoms with Crippen LogP contribution in [0.4, 0.5) is 0 Å². The summed E-state index contributed by atoms with van der Waals surface area (Å²) in [6.45, 7) is 2.08. The summed E-state index contributed by atoms with van der Waals surface area (Å²) in [6.07, 6.45) is 0. The fourth-order valence-electron chi connectivity index (χ4n) is 1.53. The molecule has 0 amide bonds. The zero-order valence-corrected chi connectivity index (χ0v) is 11.9. The van der Waals surface area contributed by atoms with Crippen molar-refractivity contribution in [3.05, 3.63) is 55.1 Å². The minimum Gasteiger partial charge on any atom is -0.320 e. The lowest BCUT2D eigenvalue weighted by atomic mass is 10.1. The molecule has 0 bridgehead atoms. The summed E-state index contributed by atoms with van der Waals surface area (Å²) >= 11 is 11.1. The van der Waals surface area contributed by atoms with Gasteiger partial charge in [-0.2, -0.15) is 0 Å². The summed E-state index contributed by atoms with van der Waals surface area (Å²) in [4.78, 5) is 2.44. The molecule has 2 rings (SSSR count). The highest BCUT2D eigenvalue weighted by molar-refractivity contribution is 9.10. The van der Waals surface area contributed by atoms with E-state index in [4.69, 9.17) is 17.3 Å². The molecule has 1 heterocycles. The molecule has 0 fully saturated rings. The molecule has 2 aromatic rings. The molecule has 0 saturated carbocycles. The summed E-state index contributed by atoms with van der Waals surface area (Å²) in [5.41, 5.74) is 7.28. The van der Waals surface area contributed by atoms with Crippen LogP contribution in [0.2, 0.25) is 5.02 Å². The number of nitrogens with two attached hydrogens (primary N) is 1. The van der Waals surface area contributed by atoms with Crippen molar-refractivity contribution in [1.29, 1.82) is 0 Å². The lowest BCUT2D eigenvalue weighted by molar-refractivity contribution is 0.887. The average molecular weight is 317 g/mol. The van der Waals surface area contributed by atoms with E-state index in [1.807, 2.05) is 18.2 Å². The molecule has 16 heavy (non-hydrogen) atoms. The molecule has 0 aliphatic rings. The predicted octanol–water partition coefficient (Wildman–Crippen LogP) is 4.52. The second-order valence-corrected chi connectivity index (χ2v) is 6.20. The summed E-state index contributed by atoms with van der Waals surface area (Å²) in [6, 6.07) is 9.77. The molecular formula is C12H11BrClNS. The molecule has 0 radical (unpaired) electrons. The zero-order valence-electron chi connectivity index (χ0n) is 8.71. The largest absolute Gasteiger partial charge is 0.320 e. The molecule has 0 saturated heterocycles. The first-order valence-electron chi connectivity index (χ1n) is 4.85. The number of benzene rings is 1. The van der Waals surface area contributed by atoms with Crippen molar-refractivity contribution in [3.63, 3.8) is 0 Å². The fraction of sp³-hybridized carbons (Fsp3) is 0.167. The highest BCUT2D eigenvalue weighted by Crippen LogP contribution is 2.32. The van der Waals surface area contributed by atoms with Crippen LogP contribution < -0.4 is 5.73 Å². The lowest BCUT2D eigenvalue weighted by Crippen LogP contribution is -2.10. The molecule has 0 aliphatic heterocycles. The first-order chi connectivity index (χ1) is 7.58. The Bertz CT molecular complexity index is 509. The van der Waals surface area contributed by atoms with Gasteiger partial charge in [0.15, 0.2) is 0 Å². The molecular weight excluding hydrogens is 306 g/mol. The number of hydrogen-bond donors (Lipinski definition) is 1. The van der Waals surface area contributed by atoms with Crippen molar-refractivity contribution in [2.24, 2.45) is 5.73 Å². The maximum Gasteiger partial charge on any atom is 0.0657 e. The van der Waals surface area contributed by atoms with Crippen LogP contribution in [0.5, 0.6) is 0 Å². The average Bonchev–Trinajstić information content (AvgIpc) is 2.64. The molecule has 4 heteroatoms. The maximum absolute atomic E-state index is 6.22. The number of hydrogen-bond acceptors (Lipinski definition) is 2. The third kappa shape index (κ3) is 2.48. The van der Waals surface area contributed by atoms with Crippen molar-refractivity contribution in [3.8, 4) is 0 Å². The van der Waals surface area contributed by atoms with Crippen molar-refractivity contribution < 1.29 is 0 Å². The van der Waals surface area contributed by atoms with Crippen molar-refractivity contribution in [1.82, 2.24) is 0 Å². The van der Waals surface area contributed by atoms with E-state index in [9.17, 15) is 0 Å². The normalized spacial score (nSPS) is 12.8. The first-order valence-corrected chi connectivity index (χ1v) is 6.83. The molecule has 1 unspecified atom stereocenters. The van der Waals surface area contributed by atoms with E-state index >= 15 is 0 Å². The van der Waals surface area contributed by atoms with Crippen LogP contribution in [-0.4, -0.2) is 0 Å². The van der Waals surface area contributed by atoms with E-state index in [0.29, 0.717) is 5.02 Å². The van der Waals surface area contributed by atoms with Gasteiger partial charge in [-0.1, -0.05) is 33.6 Å². The van der Waals surface area contributed by atoms with E-state index in [-0.39, 0.29) is 6.04 Å². The van der Waals surface area contributed by atoms with Crippen LogP contribution in [0.3, 0.4) is 0 Å². The quantitative estimate of drug-likeness (QED) is 0.866. The van der Waals surface area contributed by atoms with Crippen molar-refractivity contribution in [2.45, 2.75) is 13.0 Å². The summed E-state index contributed by atoms with van der Waals surface area (Å²) in [7, 11) is 0. The maximum atomic E-state index is 6.22. The molecule has 84 valence electrons. The highest BCUT2D eigenvalue weighted by Gasteiger charge is 2.13. The van der Waals surface area contributed by atoms with Gasteiger partial charge in [0.25, 0.3) is 0 Å². The third-order valence-corrected chi connectivity index (χ3v) is 4.37. The van der Waals surface area contributed by atoms with E-state index in [1.165, 1.54) is 9.75 Å². The second-order valence-electron chi connectivity index (χ2n) is 3.59. The van der Waals surface area contributed by atoms with Crippen LogP contribution in [0.25, 0.3) is 0 Å². The molecule has 2 N–H and O–H groups in total. The number of thiophene rings is 1. The smallest absolute Gasteiger partial charge is 0.0657 e. The van der Waals surface area contributed by atoms with Crippen LogP contribution >= 0.6 is 38.9 Å². The van der Waals surface area contributed by atoms with Gasteiger partial charge in [-0.3, -0.25) is 0 Å². The molecule has 1 aromatic carbocycles. The Balaban J connectivity index is 2.37. The highest BCUT2D eigenvalue weighted by atomic mass is 79.9. The summed E-state index contributed by atoms with van der Waals surface area (Å²) < 4.78 is 0.957. The van der Waals surface area contributed by atoms with Crippen molar-refractivity contribution in [2.75, 3.05) is 0 Å². The van der Waals surface area contributed by atoms with Gasteiger partial charge >= 0.3 is 0 Å². The third-order valence-electron chi connectivity index (χ3n) is 2.37. The zero-order chi connectivity index (χ0) is 11.7. The first kappa shape index (κ1) is 12.1. The van der Waals surface area contributed by atoms with Crippen LogP contribution in [0.15, 0.2) is 34.8 Å². The molecule has 1 nitrogen and oxygen atoms in total. The fourth-order valence-corrected chi connectivity index (χ4v) is 3.35. The van der Waals surface area contributed by atoms with Crippen LogP contribution in [0.1, 0.15) is 21.4 Å². The van der Waals surface area contributed by atoms with Gasteiger partial charge in [-0.25, -0.2) is 0 Å². The Hall–Kier alpha value is -0.350. The predicted molar refractivity (Wildman–Crippen MR) is 74.2 cm³/mol. The van der Waals surface area contributed by atoms with Gasteiger partial charge in [0.2, 0.25) is 0 Å². The Labute approximate surface area is 112 Å². The van der Waals surface area contributed by atoms with Gasteiger partial charge in [0, 0.05) is 19.2 Å². The Morgan fingerprint density at radius 3 is 2.62 bits per heavy atom. The summed E-state index contributed by atoms with van der Waals surface area (Å²) in [5.74, 6) is 0. The van der Waals surface area contributed by atoms with Crippen molar-refractivity contribution >= 4 is 38.9 Å². The molecule has 0 aliphatic carbocycles. The van der Waals surface area contributed by atoms with Gasteiger partial charge in [-0.05, 0) is 36.8 Å². The van der Waals surface area contributed by atoms with Gasteiger partial charge < -0.3 is 5.73 Å². The molecule has 1 atom stereocenters. The standard InChI is InChI=1S/C12H11BrClNS/c1-7-2-5-11(16-7)12(15)9-4-3-8(14)6-10(9)13/h2-6,12H,15H2,1H3. The van der Waals surface area contributed by atoms with E-state index in [0.717, 1.165) is 10.0 Å². The number of aryl methyl sites for hydroxylation is 1. The Morgan fingerprint density at radius 1 is 1.31 bits per heavy atom. The second kappa shape index (κ2) is 4.88. The minimum absolute atomic E-state index is 0.0923. The van der Waals surface area contributed by atoms with Gasteiger partial charge in [0.1, 0.15) is 0 Å². The van der Waals surface area contributed by atoms with Gasteiger partial charge in [0.05, 0.1) is 6.04 Å². The van der Waals surface area contributed by atoms with Gasteiger partial charge in [-0.15, -0.1) is 11.3 Å². The summed E-state index contributed by atoms with van der Waals surface area (Å²) in [5, 5.41) is 0.713. The number of rotatable bonds is 2. The van der Waals surface area contributed by atoms with E-state index in [2.05, 4.69) is 35.0 Å². The van der Waals surface area contributed by atoms with E-state index in [1.54, 1.807) is 11.3 Å². The number of halogens is 2. The Kier molecular flexibility index (Phi) is 3.70. The van der Waals surface area contributed by atoms with Crippen LogP contribution in [-0.2, 0) is 0 Å². The molecule has 0 spiro atoms. The van der Waals surface area contributed by atoms with E-state index < -0.39 is 0 Å². The lowest BCUT2D eigenvalue weighted by Gasteiger charge is -2.12. The minimum atomic E-state index is -0.0923. The topological polar surface area (TPSA) is 26.0 Å². The SMILES string of the molecule is Cc1ccc(C(N)c2ccc(Cl)cc2Br)s1. The Morgan fingerprint density at radius 2 is 2.06 bits per heavy atom. The molecule has 1 aromatic heterocycles. The van der Waals surface area contributed by atoms with Crippen LogP contribution in [0, 0.1) is 6.92 Å². The monoisotopic (exact) mass is 315 g/mol.